The fourth-order valence-corrected chi connectivity index (χ4v) is 4.34. The number of hydrogen-bond donors (Lipinski definition) is 1. The first kappa shape index (κ1) is 18.1. The smallest absolute Gasteiger partial charge is 0.173 e. The topological polar surface area (TPSA) is 47.3 Å². The number of ether oxygens (including phenoxy) is 1. The average Bonchev–Trinajstić information content (AvgIpc) is 3.10. The lowest BCUT2D eigenvalue weighted by molar-refractivity contribution is 0.126. The zero-order chi connectivity index (χ0) is 18.5. The van der Waals surface area contributed by atoms with E-state index in [0.29, 0.717) is 5.75 Å². The normalized spacial score (nSPS) is 14.6. The van der Waals surface area contributed by atoms with Crippen LogP contribution < -0.4 is 4.74 Å². The molecule has 0 saturated heterocycles. The molecule has 27 heavy (non-hydrogen) atoms. The highest BCUT2D eigenvalue weighted by atomic mass is 32.2. The molecule has 0 unspecified atom stereocenters. The van der Waals surface area contributed by atoms with Crippen LogP contribution in [0.15, 0.2) is 65.8 Å². The Labute approximate surface area is 164 Å². The van der Waals surface area contributed by atoms with E-state index in [-0.39, 0.29) is 6.61 Å². The maximum atomic E-state index is 10.4. The van der Waals surface area contributed by atoms with Gasteiger partial charge >= 0.3 is 0 Å². The molecule has 1 aliphatic rings. The van der Waals surface area contributed by atoms with E-state index in [2.05, 4.69) is 28.8 Å². The second kappa shape index (κ2) is 8.63. The third-order valence-corrected chi connectivity index (χ3v) is 5.79. The van der Waals surface area contributed by atoms with Crippen molar-refractivity contribution >= 4 is 11.8 Å². The van der Waals surface area contributed by atoms with Gasteiger partial charge in [0.25, 0.3) is 0 Å². The standard InChI is InChI=1S/C22H24N2O2S/c25-18(15-26-19-11-5-2-6-12-19)16-27-22-23-20-13-7-8-14-21(20)24(22)17-9-3-1-4-10-17/h1-6,9-12,18,25H,7-8,13-16H2/t18-/m0/s1. The van der Waals surface area contributed by atoms with Crippen LogP contribution in [0.4, 0.5) is 0 Å². The summed E-state index contributed by atoms with van der Waals surface area (Å²) in [6.07, 6.45) is 3.98. The Bertz CT molecular complexity index is 865. The van der Waals surface area contributed by atoms with Gasteiger partial charge in [0.05, 0.1) is 11.8 Å². The highest BCUT2D eigenvalue weighted by Gasteiger charge is 2.22. The SMILES string of the molecule is O[C@@H](COc1ccccc1)CSc1nc2c(n1-c1ccccc1)CCCC2. The highest BCUT2D eigenvalue weighted by molar-refractivity contribution is 7.99. The first-order valence-electron chi connectivity index (χ1n) is 9.46. The lowest BCUT2D eigenvalue weighted by Crippen LogP contribution is -2.20. The van der Waals surface area contributed by atoms with Gasteiger partial charge in [-0.25, -0.2) is 4.98 Å². The molecule has 0 spiro atoms. The van der Waals surface area contributed by atoms with Crippen molar-refractivity contribution < 1.29 is 9.84 Å². The van der Waals surface area contributed by atoms with Crippen molar-refractivity contribution in [2.75, 3.05) is 12.4 Å². The molecule has 0 bridgehead atoms. The van der Waals surface area contributed by atoms with Gasteiger partial charge in [0.15, 0.2) is 5.16 Å². The Kier molecular flexibility index (Phi) is 5.80. The van der Waals surface area contributed by atoms with E-state index in [1.54, 1.807) is 11.8 Å². The molecule has 0 fully saturated rings. The largest absolute Gasteiger partial charge is 0.491 e. The first-order chi connectivity index (χ1) is 13.3. The lowest BCUT2D eigenvalue weighted by Gasteiger charge is -2.16. The Hall–Kier alpha value is -2.24. The summed E-state index contributed by atoms with van der Waals surface area (Å²) < 4.78 is 7.93. The molecule has 0 aliphatic heterocycles. The number of nitrogens with zero attached hydrogens (tertiary/aromatic N) is 2. The van der Waals surface area contributed by atoms with Crippen LogP contribution in [0.25, 0.3) is 5.69 Å². The van der Waals surface area contributed by atoms with E-state index in [9.17, 15) is 5.11 Å². The summed E-state index contributed by atoms with van der Waals surface area (Å²) in [7, 11) is 0. The molecule has 4 rings (SSSR count). The summed E-state index contributed by atoms with van der Waals surface area (Å²) in [4.78, 5) is 4.89. The molecule has 4 nitrogen and oxygen atoms in total. The molecule has 2 aromatic carbocycles. The number of thioether (sulfide) groups is 1. The van der Waals surface area contributed by atoms with E-state index >= 15 is 0 Å². The molecule has 0 amide bonds. The fourth-order valence-electron chi connectivity index (χ4n) is 3.38. The molecule has 1 atom stereocenters. The molecule has 140 valence electrons. The Balaban J connectivity index is 1.46. The molecule has 0 saturated carbocycles. The molecule has 5 heteroatoms. The maximum Gasteiger partial charge on any atom is 0.173 e. The van der Waals surface area contributed by atoms with Gasteiger partial charge in [-0.1, -0.05) is 48.2 Å². The highest BCUT2D eigenvalue weighted by Crippen LogP contribution is 2.30. The van der Waals surface area contributed by atoms with E-state index in [0.717, 1.165) is 29.4 Å². The first-order valence-corrected chi connectivity index (χ1v) is 10.4. The van der Waals surface area contributed by atoms with Gasteiger partial charge in [-0.3, -0.25) is 4.57 Å². The van der Waals surface area contributed by atoms with Crippen molar-refractivity contribution in [1.29, 1.82) is 0 Å². The quantitative estimate of drug-likeness (QED) is 0.622. The number of imidazole rings is 1. The van der Waals surface area contributed by atoms with Crippen molar-refractivity contribution in [3.8, 4) is 11.4 Å². The van der Waals surface area contributed by atoms with E-state index in [1.807, 2.05) is 36.4 Å². The minimum atomic E-state index is -0.548. The van der Waals surface area contributed by atoms with Crippen LogP contribution in [0.3, 0.4) is 0 Å². The Morgan fingerprint density at radius 2 is 1.70 bits per heavy atom. The molecular formula is C22H24N2O2S. The average molecular weight is 381 g/mol. The number of para-hydroxylation sites is 2. The number of fused-ring (bicyclic) bond motifs is 1. The van der Waals surface area contributed by atoms with Crippen LogP contribution in [-0.4, -0.2) is 33.1 Å². The van der Waals surface area contributed by atoms with Crippen LogP contribution >= 0.6 is 11.8 Å². The third kappa shape index (κ3) is 4.37. The zero-order valence-corrected chi connectivity index (χ0v) is 16.1. The molecule has 3 aromatic rings. The van der Waals surface area contributed by atoms with Gasteiger partial charge in [-0.15, -0.1) is 0 Å². The van der Waals surface area contributed by atoms with Gasteiger partial charge in [0.1, 0.15) is 12.4 Å². The van der Waals surface area contributed by atoms with E-state index in [1.165, 1.54) is 24.2 Å². The summed E-state index contributed by atoms with van der Waals surface area (Å²) in [5.74, 6) is 1.33. The van der Waals surface area contributed by atoms with Crippen molar-refractivity contribution in [3.63, 3.8) is 0 Å². The molecule has 1 heterocycles. The Morgan fingerprint density at radius 3 is 2.48 bits per heavy atom. The molecular weight excluding hydrogens is 356 g/mol. The minimum Gasteiger partial charge on any atom is -0.491 e. The van der Waals surface area contributed by atoms with E-state index < -0.39 is 6.10 Å². The predicted molar refractivity (Wildman–Crippen MR) is 109 cm³/mol. The van der Waals surface area contributed by atoms with Gasteiger partial charge in [0.2, 0.25) is 0 Å². The van der Waals surface area contributed by atoms with E-state index in [4.69, 9.17) is 9.72 Å². The maximum absolute atomic E-state index is 10.4. The second-order valence-electron chi connectivity index (χ2n) is 6.75. The van der Waals surface area contributed by atoms with Crippen LogP contribution in [0.2, 0.25) is 0 Å². The van der Waals surface area contributed by atoms with Gasteiger partial charge in [-0.05, 0) is 49.9 Å². The minimum absolute atomic E-state index is 0.281. The molecule has 1 aromatic heterocycles. The van der Waals surface area contributed by atoms with Crippen molar-refractivity contribution in [2.24, 2.45) is 0 Å². The van der Waals surface area contributed by atoms with Gasteiger partial charge < -0.3 is 9.84 Å². The van der Waals surface area contributed by atoms with Gasteiger partial charge in [-0.2, -0.15) is 0 Å². The number of rotatable bonds is 7. The number of aryl methyl sites for hydroxylation is 1. The summed E-state index contributed by atoms with van der Waals surface area (Å²) >= 11 is 1.60. The van der Waals surface area contributed by atoms with Crippen molar-refractivity contribution in [1.82, 2.24) is 9.55 Å². The molecule has 1 aliphatic carbocycles. The summed E-state index contributed by atoms with van der Waals surface area (Å²) in [5, 5.41) is 11.3. The number of hydrogen-bond acceptors (Lipinski definition) is 4. The van der Waals surface area contributed by atoms with Crippen LogP contribution in [-0.2, 0) is 12.8 Å². The lowest BCUT2D eigenvalue weighted by atomic mass is 10.0. The van der Waals surface area contributed by atoms with Gasteiger partial charge in [0, 0.05) is 17.1 Å². The van der Waals surface area contributed by atoms with Crippen molar-refractivity contribution in [3.05, 3.63) is 72.1 Å². The van der Waals surface area contributed by atoms with Crippen LogP contribution in [0, 0.1) is 0 Å². The van der Waals surface area contributed by atoms with Crippen LogP contribution in [0.1, 0.15) is 24.2 Å². The predicted octanol–water partition coefficient (Wildman–Crippen LogP) is 4.28. The van der Waals surface area contributed by atoms with Crippen molar-refractivity contribution in [2.45, 2.75) is 36.9 Å². The second-order valence-corrected chi connectivity index (χ2v) is 7.74. The number of aromatic nitrogens is 2. The summed E-state index contributed by atoms with van der Waals surface area (Å²) in [6.45, 7) is 0.281. The van der Waals surface area contributed by atoms with Crippen LogP contribution in [0.5, 0.6) is 5.75 Å². The third-order valence-electron chi connectivity index (χ3n) is 4.71. The summed E-state index contributed by atoms with van der Waals surface area (Å²) in [5.41, 5.74) is 3.68. The summed E-state index contributed by atoms with van der Waals surface area (Å²) in [6, 6.07) is 20.0. The molecule has 1 N–H and O–H groups in total. The fraction of sp³-hybridized carbons (Fsp3) is 0.318. The Morgan fingerprint density at radius 1 is 1.00 bits per heavy atom. The number of aliphatic hydroxyl groups excluding tert-OH is 1. The molecule has 0 radical (unpaired) electrons. The zero-order valence-electron chi connectivity index (χ0n) is 15.3. The number of aliphatic hydroxyl groups is 1. The number of benzene rings is 2. The monoisotopic (exact) mass is 380 g/mol.